The molecule has 2 rings (SSSR count). The van der Waals surface area contributed by atoms with Crippen molar-refractivity contribution in [3.05, 3.63) is 23.8 Å². The van der Waals surface area contributed by atoms with E-state index in [4.69, 9.17) is 0 Å². The van der Waals surface area contributed by atoms with Crippen LogP contribution in [0.3, 0.4) is 0 Å². The average Bonchev–Trinajstić information content (AvgIpc) is 3.15. The fraction of sp³-hybridized carbons (Fsp3) is 0.533. The van der Waals surface area contributed by atoms with Gasteiger partial charge in [0.15, 0.2) is 0 Å². The molecule has 1 amide bonds. The topological polar surface area (TPSA) is 44.4 Å². The van der Waals surface area contributed by atoms with Crippen molar-refractivity contribution in [3.63, 3.8) is 0 Å². The van der Waals surface area contributed by atoms with Crippen LogP contribution in [0.5, 0.6) is 0 Å². The molecule has 2 N–H and O–H groups in total. The van der Waals surface area contributed by atoms with E-state index in [1.807, 2.05) is 32.3 Å². The predicted molar refractivity (Wildman–Crippen MR) is 79.7 cm³/mol. The second kappa shape index (κ2) is 6.06. The summed E-state index contributed by atoms with van der Waals surface area (Å²) in [6.45, 7) is 3.42. The zero-order valence-electron chi connectivity index (χ0n) is 12.0. The Kier molecular flexibility index (Phi) is 4.43. The highest BCUT2D eigenvalue weighted by Crippen LogP contribution is 2.27. The number of hydrogen-bond acceptors (Lipinski definition) is 3. The molecular formula is C15H23N3O. The summed E-state index contributed by atoms with van der Waals surface area (Å²) in [6, 6.07) is 5.98. The van der Waals surface area contributed by atoms with E-state index >= 15 is 0 Å². The molecule has 1 aromatic rings. The Hall–Kier alpha value is -1.55. The van der Waals surface area contributed by atoms with Crippen LogP contribution in [0.15, 0.2) is 18.2 Å². The second-order valence-electron chi connectivity index (χ2n) is 5.52. The summed E-state index contributed by atoms with van der Waals surface area (Å²) in [6.07, 6.45) is 2.61. The largest absolute Gasteiger partial charge is 0.377 e. The molecule has 4 heteroatoms. The smallest absolute Gasteiger partial charge is 0.238 e. The monoisotopic (exact) mass is 261 g/mol. The van der Waals surface area contributed by atoms with Gasteiger partial charge in [0.25, 0.3) is 0 Å². The molecule has 0 saturated heterocycles. The van der Waals surface area contributed by atoms with E-state index in [2.05, 4.69) is 22.5 Å². The van der Waals surface area contributed by atoms with Crippen LogP contribution in [0.1, 0.15) is 18.4 Å². The summed E-state index contributed by atoms with van der Waals surface area (Å²) in [5.74, 6) is 0.821. The molecule has 1 aliphatic rings. The maximum Gasteiger partial charge on any atom is 0.238 e. The lowest BCUT2D eigenvalue weighted by atomic mass is 10.1. The van der Waals surface area contributed by atoms with Crippen molar-refractivity contribution in [2.24, 2.45) is 5.92 Å². The van der Waals surface area contributed by atoms with Crippen molar-refractivity contribution >= 4 is 17.3 Å². The third kappa shape index (κ3) is 4.24. The van der Waals surface area contributed by atoms with Crippen molar-refractivity contribution in [2.75, 3.05) is 37.4 Å². The molecule has 1 aromatic carbocycles. The highest BCUT2D eigenvalue weighted by molar-refractivity contribution is 5.92. The number of hydrogen-bond donors (Lipinski definition) is 2. The summed E-state index contributed by atoms with van der Waals surface area (Å²) in [5.41, 5.74) is 3.19. The summed E-state index contributed by atoms with van der Waals surface area (Å²) in [7, 11) is 4.01. The first-order valence-electron chi connectivity index (χ1n) is 6.85. The highest BCUT2D eigenvalue weighted by Gasteiger charge is 2.20. The van der Waals surface area contributed by atoms with Gasteiger partial charge < -0.3 is 15.5 Å². The van der Waals surface area contributed by atoms with E-state index in [1.165, 1.54) is 18.4 Å². The van der Waals surface area contributed by atoms with Crippen LogP contribution < -0.4 is 15.5 Å². The molecule has 0 unspecified atom stereocenters. The molecule has 0 aromatic heterocycles. The van der Waals surface area contributed by atoms with Crippen molar-refractivity contribution in [1.82, 2.24) is 5.32 Å². The van der Waals surface area contributed by atoms with E-state index in [0.717, 1.165) is 23.8 Å². The Morgan fingerprint density at radius 1 is 1.37 bits per heavy atom. The Morgan fingerprint density at radius 2 is 2.11 bits per heavy atom. The van der Waals surface area contributed by atoms with Crippen LogP contribution in [0, 0.1) is 12.8 Å². The molecule has 4 nitrogen and oxygen atoms in total. The van der Waals surface area contributed by atoms with Gasteiger partial charge in [0, 0.05) is 25.5 Å². The van der Waals surface area contributed by atoms with E-state index < -0.39 is 0 Å². The maximum atomic E-state index is 11.8. The summed E-state index contributed by atoms with van der Waals surface area (Å²) in [5, 5.41) is 6.12. The van der Waals surface area contributed by atoms with E-state index in [0.29, 0.717) is 6.54 Å². The van der Waals surface area contributed by atoms with Crippen molar-refractivity contribution in [2.45, 2.75) is 19.8 Å². The van der Waals surface area contributed by atoms with Crippen LogP contribution >= 0.6 is 0 Å². The third-order valence-electron chi connectivity index (χ3n) is 3.39. The zero-order valence-corrected chi connectivity index (χ0v) is 12.0. The minimum Gasteiger partial charge on any atom is -0.377 e. The van der Waals surface area contributed by atoms with Crippen molar-refractivity contribution in [1.29, 1.82) is 0 Å². The molecule has 0 aliphatic heterocycles. The molecule has 1 aliphatic carbocycles. The van der Waals surface area contributed by atoms with Gasteiger partial charge in [-0.1, -0.05) is 6.07 Å². The maximum absolute atomic E-state index is 11.8. The van der Waals surface area contributed by atoms with Crippen LogP contribution in [-0.4, -0.2) is 33.1 Å². The van der Waals surface area contributed by atoms with Crippen LogP contribution in [0.4, 0.5) is 11.4 Å². The Balaban J connectivity index is 1.86. The number of aryl methyl sites for hydroxylation is 1. The first-order valence-corrected chi connectivity index (χ1v) is 6.85. The normalized spacial score (nSPS) is 14.3. The average molecular weight is 261 g/mol. The molecule has 0 atom stereocenters. The van der Waals surface area contributed by atoms with Gasteiger partial charge in [-0.25, -0.2) is 0 Å². The fourth-order valence-electron chi connectivity index (χ4n) is 2.09. The lowest BCUT2D eigenvalue weighted by molar-refractivity contribution is -0.115. The quantitative estimate of drug-likeness (QED) is 0.823. The van der Waals surface area contributed by atoms with Gasteiger partial charge in [-0.3, -0.25) is 4.79 Å². The molecular weight excluding hydrogens is 238 g/mol. The van der Waals surface area contributed by atoms with Gasteiger partial charge in [-0.15, -0.1) is 0 Å². The summed E-state index contributed by atoms with van der Waals surface area (Å²) in [4.78, 5) is 13.8. The number of nitrogens with one attached hydrogen (secondary N) is 2. The highest BCUT2D eigenvalue weighted by atomic mass is 16.1. The van der Waals surface area contributed by atoms with E-state index in [1.54, 1.807) is 0 Å². The summed E-state index contributed by atoms with van der Waals surface area (Å²) >= 11 is 0. The Bertz CT molecular complexity index is 453. The minimum atomic E-state index is 0.0224. The molecule has 19 heavy (non-hydrogen) atoms. The lowest BCUT2D eigenvalue weighted by Crippen LogP contribution is -2.29. The fourth-order valence-corrected chi connectivity index (χ4v) is 2.09. The molecule has 1 saturated carbocycles. The van der Waals surface area contributed by atoms with Crippen molar-refractivity contribution in [3.8, 4) is 0 Å². The minimum absolute atomic E-state index is 0.0224. The second-order valence-corrected chi connectivity index (χ2v) is 5.52. The zero-order chi connectivity index (χ0) is 13.8. The van der Waals surface area contributed by atoms with Gasteiger partial charge in [-0.05, 0) is 49.9 Å². The third-order valence-corrected chi connectivity index (χ3v) is 3.39. The number of nitrogens with zero attached hydrogens (tertiary/aromatic N) is 1. The van der Waals surface area contributed by atoms with Gasteiger partial charge in [0.1, 0.15) is 0 Å². The number of amides is 1. The van der Waals surface area contributed by atoms with Crippen molar-refractivity contribution < 1.29 is 4.79 Å². The molecule has 104 valence electrons. The Morgan fingerprint density at radius 3 is 2.74 bits per heavy atom. The van der Waals surface area contributed by atoms with E-state index in [-0.39, 0.29) is 5.91 Å². The van der Waals surface area contributed by atoms with Crippen LogP contribution in [0.25, 0.3) is 0 Å². The molecule has 0 radical (unpaired) electrons. The number of benzene rings is 1. The SMILES string of the molecule is Cc1ccc(NC(=O)CNCC2CC2)cc1N(C)C. The van der Waals surface area contributed by atoms with Gasteiger partial charge >= 0.3 is 0 Å². The predicted octanol–water partition coefficient (Wildman–Crippen LogP) is 2.00. The lowest BCUT2D eigenvalue weighted by Gasteiger charge is -2.17. The van der Waals surface area contributed by atoms with Gasteiger partial charge in [0.2, 0.25) is 5.91 Å². The first-order chi connectivity index (χ1) is 9.06. The molecule has 0 spiro atoms. The first kappa shape index (κ1) is 13.9. The van der Waals surface area contributed by atoms with Gasteiger partial charge in [0.05, 0.1) is 6.54 Å². The van der Waals surface area contributed by atoms with Gasteiger partial charge in [-0.2, -0.15) is 0 Å². The number of anilines is 2. The number of carbonyl (C=O) groups is 1. The van der Waals surface area contributed by atoms with Crippen LogP contribution in [0.2, 0.25) is 0 Å². The van der Waals surface area contributed by atoms with Crippen LogP contribution in [-0.2, 0) is 4.79 Å². The summed E-state index contributed by atoms with van der Waals surface area (Å²) < 4.78 is 0. The van der Waals surface area contributed by atoms with E-state index in [9.17, 15) is 4.79 Å². The molecule has 0 heterocycles. The number of rotatable bonds is 6. The Labute approximate surface area is 115 Å². The molecule has 0 bridgehead atoms. The molecule has 1 fully saturated rings. The standard InChI is InChI=1S/C15H23N3O/c1-11-4-7-13(8-14(11)18(2)3)17-15(19)10-16-9-12-5-6-12/h4,7-8,12,16H,5-6,9-10H2,1-3H3,(H,17,19). The number of carbonyl (C=O) groups excluding carboxylic acids is 1.